The molecule has 0 radical (unpaired) electrons. The molecular weight excluding hydrogens is 409 g/mol. The first-order valence-electron chi connectivity index (χ1n) is 9.37. The van der Waals surface area contributed by atoms with Crippen molar-refractivity contribution in [2.45, 2.75) is 12.6 Å². The second-order valence-corrected chi connectivity index (χ2v) is 8.56. The highest BCUT2D eigenvalue weighted by atomic mass is 35.5. The zero-order valence-electron chi connectivity index (χ0n) is 14.9. The topological polar surface area (TPSA) is 66.5 Å². The number of imide groups is 1. The Labute approximate surface area is 168 Å². The van der Waals surface area contributed by atoms with Crippen molar-refractivity contribution in [3.8, 4) is 0 Å². The van der Waals surface area contributed by atoms with Gasteiger partial charge in [-0.2, -0.15) is 13.2 Å². The van der Waals surface area contributed by atoms with Crippen molar-refractivity contribution in [1.82, 2.24) is 4.90 Å². The Balaban J connectivity index is 1.32. The molecule has 3 fully saturated rings. The molecule has 5 nitrogen and oxygen atoms in total. The maximum absolute atomic E-state index is 12.9. The summed E-state index contributed by atoms with van der Waals surface area (Å²) in [5, 5.41) is 2.23. The number of carbonyl (C=O) groups excluding carboxylic acids is 3. The van der Waals surface area contributed by atoms with Gasteiger partial charge in [-0.25, -0.2) is 0 Å². The normalized spacial score (nSPS) is 34.3. The van der Waals surface area contributed by atoms with Crippen LogP contribution in [0.3, 0.4) is 0 Å². The Morgan fingerprint density at radius 2 is 1.69 bits per heavy atom. The zero-order chi connectivity index (χ0) is 20.7. The minimum Gasteiger partial charge on any atom is -0.323 e. The Kier molecular flexibility index (Phi) is 3.91. The summed E-state index contributed by atoms with van der Waals surface area (Å²) < 4.78 is 38.7. The highest BCUT2D eigenvalue weighted by Crippen LogP contribution is 2.65. The third-order valence-corrected chi connectivity index (χ3v) is 6.95. The van der Waals surface area contributed by atoms with Crippen molar-refractivity contribution in [2.75, 3.05) is 11.9 Å². The van der Waals surface area contributed by atoms with Crippen LogP contribution in [0.2, 0.25) is 5.02 Å². The summed E-state index contributed by atoms with van der Waals surface area (Å²) in [5.74, 6) is -1.38. The van der Waals surface area contributed by atoms with Crippen LogP contribution in [0.5, 0.6) is 0 Å². The van der Waals surface area contributed by atoms with E-state index in [0.717, 1.165) is 29.5 Å². The summed E-state index contributed by atoms with van der Waals surface area (Å²) >= 11 is 5.89. The molecule has 1 aromatic rings. The van der Waals surface area contributed by atoms with E-state index in [0.29, 0.717) is 11.8 Å². The van der Waals surface area contributed by atoms with Crippen molar-refractivity contribution >= 4 is 35.0 Å². The molecule has 0 aromatic heterocycles. The number of hydrogen-bond acceptors (Lipinski definition) is 3. The maximum Gasteiger partial charge on any atom is 0.416 e. The van der Waals surface area contributed by atoms with Gasteiger partial charge >= 0.3 is 6.18 Å². The molecule has 1 N–H and O–H groups in total. The molecule has 5 aliphatic rings. The third kappa shape index (κ3) is 2.79. The SMILES string of the molecule is O=C(CN1C(=O)[C@@H]2[C@@H]3C=C[C@H]([C@H]4C[C@H]34)[C@@H]2C1=O)Nc1cc(C(F)(F)F)ccc1Cl. The van der Waals surface area contributed by atoms with Crippen LogP contribution < -0.4 is 5.32 Å². The average Bonchev–Trinajstić information content (AvgIpc) is 3.44. The number of halogens is 4. The van der Waals surface area contributed by atoms with E-state index in [4.69, 9.17) is 11.6 Å². The van der Waals surface area contributed by atoms with Gasteiger partial charge in [0.1, 0.15) is 6.54 Å². The second kappa shape index (κ2) is 6.08. The minimum absolute atomic E-state index is 0.0393. The zero-order valence-corrected chi connectivity index (χ0v) is 15.7. The van der Waals surface area contributed by atoms with Gasteiger partial charge in [0.25, 0.3) is 0 Å². The summed E-state index contributed by atoms with van der Waals surface area (Å²) in [6.45, 7) is -0.536. The standard InChI is InChI=1S/C20H16ClF3N2O3/c21-13-4-1-8(20(22,23)24)5-14(13)25-15(27)7-26-18(28)16-9-2-3-10(12-6-11(9)12)17(16)19(26)29/h1-5,9-12,16-17H,6-7H2,(H,25,27)/t9-,10-,11-,12-,16-,17+/m1/s1. The van der Waals surface area contributed by atoms with Gasteiger partial charge in [-0.15, -0.1) is 0 Å². The van der Waals surface area contributed by atoms with E-state index in [9.17, 15) is 27.6 Å². The van der Waals surface area contributed by atoms with Crippen molar-refractivity contribution < 1.29 is 27.6 Å². The number of nitrogens with zero attached hydrogens (tertiary/aromatic N) is 1. The van der Waals surface area contributed by atoms with Gasteiger partial charge in [0.15, 0.2) is 0 Å². The molecule has 4 aliphatic carbocycles. The van der Waals surface area contributed by atoms with Crippen LogP contribution >= 0.6 is 11.6 Å². The lowest BCUT2D eigenvalue weighted by Crippen LogP contribution is -2.40. The first-order chi connectivity index (χ1) is 13.7. The lowest BCUT2D eigenvalue weighted by atomic mass is 9.63. The Hall–Kier alpha value is -2.35. The molecule has 3 amide bonds. The van der Waals surface area contributed by atoms with Gasteiger partial charge in [-0.1, -0.05) is 23.8 Å². The Morgan fingerprint density at radius 3 is 2.24 bits per heavy atom. The summed E-state index contributed by atoms with van der Waals surface area (Å²) in [5.41, 5.74) is -1.18. The molecule has 1 aromatic carbocycles. The summed E-state index contributed by atoms with van der Waals surface area (Å²) in [6, 6.07) is 2.58. The fourth-order valence-corrected chi connectivity index (χ4v) is 5.47. The molecule has 0 spiro atoms. The van der Waals surface area contributed by atoms with Crippen molar-refractivity contribution in [2.24, 2.45) is 35.5 Å². The number of anilines is 1. The van der Waals surface area contributed by atoms with E-state index in [1.54, 1.807) is 0 Å². The second-order valence-electron chi connectivity index (χ2n) is 8.16. The van der Waals surface area contributed by atoms with Gasteiger partial charge in [0.2, 0.25) is 17.7 Å². The molecule has 29 heavy (non-hydrogen) atoms. The van der Waals surface area contributed by atoms with Crippen LogP contribution in [-0.4, -0.2) is 29.2 Å². The van der Waals surface area contributed by atoms with Crippen LogP contribution in [0.1, 0.15) is 12.0 Å². The van der Waals surface area contributed by atoms with Crippen LogP contribution in [0.25, 0.3) is 0 Å². The molecule has 152 valence electrons. The van der Waals surface area contributed by atoms with Gasteiger partial charge < -0.3 is 5.32 Å². The Bertz CT molecular complexity index is 940. The van der Waals surface area contributed by atoms with Crippen molar-refractivity contribution in [3.63, 3.8) is 0 Å². The van der Waals surface area contributed by atoms with E-state index >= 15 is 0 Å². The van der Waals surface area contributed by atoms with Crippen LogP contribution in [0, 0.1) is 35.5 Å². The predicted molar refractivity (Wildman–Crippen MR) is 96.5 cm³/mol. The molecule has 2 bridgehead atoms. The number of alkyl halides is 3. The number of allylic oxidation sites excluding steroid dienone is 2. The van der Waals surface area contributed by atoms with Gasteiger partial charge in [-0.3, -0.25) is 19.3 Å². The molecule has 1 saturated heterocycles. The maximum atomic E-state index is 12.9. The highest BCUT2D eigenvalue weighted by Gasteiger charge is 2.67. The number of amides is 3. The fourth-order valence-electron chi connectivity index (χ4n) is 5.31. The van der Waals surface area contributed by atoms with E-state index in [1.807, 2.05) is 12.2 Å². The summed E-state index contributed by atoms with van der Waals surface area (Å²) in [7, 11) is 0. The smallest absolute Gasteiger partial charge is 0.323 e. The molecule has 6 rings (SSSR count). The molecule has 2 saturated carbocycles. The van der Waals surface area contributed by atoms with Gasteiger partial charge in [-0.05, 0) is 48.3 Å². The van der Waals surface area contributed by atoms with Crippen LogP contribution in [-0.2, 0) is 20.6 Å². The lowest BCUT2D eigenvalue weighted by molar-refractivity contribution is -0.143. The minimum atomic E-state index is -4.59. The number of hydrogen-bond donors (Lipinski definition) is 1. The molecule has 0 unspecified atom stereocenters. The van der Waals surface area contributed by atoms with E-state index in [2.05, 4.69) is 5.32 Å². The van der Waals surface area contributed by atoms with Crippen molar-refractivity contribution in [3.05, 3.63) is 40.9 Å². The predicted octanol–water partition coefficient (Wildman–Crippen LogP) is 3.35. The van der Waals surface area contributed by atoms with Crippen molar-refractivity contribution in [1.29, 1.82) is 0 Å². The summed E-state index contributed by atoms with van der Waals surface area (Å²) in [6.07, 6.45) is 0.493. The van der Waals surface area contributed by atoms with Crippen LogP contribution in [0.4, 0.5) is 18.9 Å². The number of likely N-dealkylation sites (tertiary alicyclic amines) is 1. The molecule has 1 heterocycles. The molecule has 9 heteroatoms. The number of nitrogens with one attached hydrogen (secondary N) is 1. The first kappa shape index (κ1) is 18.7. The third-order valence-electron chi connectivity index (χ3n) is 6.62. The molecule has 6 atom stereocenters. The molecule has 1 aliphatic heterocycles. The summed E-state index contributed by atoms with van der Waals surface area (Å²) in [4.78, 5) is 39.1. The van der Waals surface area contributed by atoms with Gasteiger partial charge in [0.05, 0.1) is 28.1 Å². The number of benzene rings is 1. The average molecular weight is 425 g/mol. The highest BCUT2D eigenvalue weighted by molar-refractivity contribution is 6.33. The molecular formula is C20H16ClF3N2O3. The van der Waals surface area contributed by atoms with E-state index in [1.165, 1.54) is 0 Å². The number of carbonyl (C=O) groups is 3. The van der Waals surface area contributed by atoms with E-state index in [-0.39, 0.29) is 34.4 Å². The lowest BCUT2D eigenvalue weighted by Gasteiger charge is -2.37. The first-order valence-corrected chi connectivity index (χ1v) is 9.75. The Morgan fingerprint density at radius 1 is 1.10 bits per heavy atom. The fraction of sp³-hybridized carbons (Fsp3) is 0.450. The largest absolute Gasteiger partial charge is 0.416 e. The monoisotopic (exact) mass is 424 g/mol. The van der Waals surface area contributed by atoms with E-state index < -0.39 is 36.0 Å². The quantitative estimate of drug-likeness (QED) is 0.597. The number of rotatable bonds is 3. The van der Waals surface area contributed by atoms with Gasteiger partial charge in [0, 0.05) is 0 Å². The van der Waals surface area contributed by atoms with Crippen LogP contribution in [0.15, 0.2) is 30.4 Å².